The SMILES string of the molecule is CC(C)(C)OC(=O)N1CCC(c2nc(-c3cc(OC(F)(F)F)cc(C(C)(C)C)c3)cs2)CC1. The summed E-state index contributed by atoms with van der Waals surface area (Å²) in [5.41, 5.74) is 1.07. The lowest BCUT2D eigenvalue weighted by molar-refractivity contribution is -0.274. The van der Waals surface area contributed by atoms with Crippen molar-refractivity contribution in [3.63, 3.8) is 0 Å². The predicted molar refractivity (Wildman–Crippen MR) is 123 cm³/mol. The summed E-state index contributed by atoms with van der Waals surface area (Å²) in [6.07, 6.45) is -3.55. The van der Waals surface area contributed by atoms with Gasteiger partial charge in [0.2, 0.25) is 0 Å². The maximum atomic E-state index is 12.9. The summed E-state index contributed by atoms with van der Waals surface area (Å²) in [5, 5.41) is 2.79. The minimum Gasteiger partial charge on any atom is -0.444 e. The van der Waals surface area contributed by atoms with Crippen molar-refractivity contribution in [3.8, 4) is 17.0 Å². The topological polar surface area (TPSA) is 51.7 Å². The molecule has 1 saturated heterocycles. The Hall–Kier alpha value is -2.29. The highest BCUT2D eigenvalue weighted by atomic mass is 32.1. The lowest BCUT2D eigenvalue weighted by Crippen LogP contribution is -2.41. The number of piperidine rings is 1. The van der Waals surface area contributed by atoms with Crippen molar-refractivity contribution < 1.29 is 27.4 Å². The minimum absolute atomic E-state index is 0.194. The number of benzene rings is 1. The molecular formula is C24H31F3N2O3S. The third kappa shape index (κ3) is 7.09. The lowest BCUT2D eigenvalue weighted by Gasteiger charge is -2.32. The number of amides is 1. The van der Waals surface area contributed by atoms with Crippen LogP contribution in [0.1, 0.15) is 70.9 Å². The van der Waals surface area contributed by atoms with Gasteiger partial charge in [0.05, 0.1) is 10.7 Å². The number of hydrogen-bond acceptors (Lipinski definition) is 5. The van der Waals surface area contributed by atoms with Crippen molar-refractivity contribution in [2.24, 2.45) is 0 Å². The fourth-order valence-corrected chi connectivity index (χ4v) is 4.62. The monoisotopic (exact) mass is 484 g/mol. The number of rotatable bonds is 3. The molecule has 0 unspecified atom stereocenters. The zero-order valence-electron chi connectivity index (χ0n) is 19.9. The van der Waals surface area contributed by atoms with Crippen molar-refractivity contribution in [1.82, 2.24) is 9.88 Å². The van der Waals surface area contributed by atoms with E-state index >= 15 is 0 Å². The summed E-state index contributed by atoms with van der Waals surface area (Å²) in [5.74, 6) is -0.0516. The molecule has 5 nitrogen and oxygen atoms in total. The van der Waals surface area contributed by atoms with Gasteiger partial charge in [-0.05, 0) is 62.8 Å². The van der Waals surface area contributed by atoms with E-state index in [0.29, 0.717) is 24.3 Å². The quantitative estimate of drug-likeness (QED) is 0.465. The van der Waals surface area contributed by atoms with Gasteiger partial charge in [-0.1, -0.05) is 20.8 Å². The van der Waals surface area contributed by atoms with Gasteiger partial charge in [-0.3, -0.25) is 0 Å². The second kappa shape index (κ2) is 9.16. The summed E-state index contributed by atoms with van der Waals surface area (Å²) in [6.45, 7) is 12.5. The third-order valence-corrected chi connectivity index (χ3v) is 6.33. The highest BCUT2D eigenvalue weighted by Gasteiger charge is 2.32. The molecular weight excluding hydrogens is 453 g/mol. The van der Waals surface area contributed by atoms with E-state index in [1.54, 1.807) is 4.90 Å². The van der Waals surface area contributed by atoms with Gasteiger partial charge in [0.25, 0.3) is 0 Å². The summed E-state index contributed by atoms with van der Waals surface area (Å²) < 4.78 is 48.2. The Labute approximate surface area is 196 Å². The molecule has 33 heavy (non-hydrogen) atoms. The number of alkyl halides is 3. The van der Waals surface area contributed by atoms with E-state index in [-0.39, 0.29) is 23.2 Å². The highest BCUT2D eigenvalue weighted by Crippen LogP contribution is 2.37. The Bertz CT molecular complexity index is 982. The number of thiazole rings is 1. The van der Waals surface area contributed by atoms with Crippen LogP contribution in [0.2, 0.25) is 0 Å². The van der Waals surface area contributed by atoms with Crippen LogP contribution in [0.5, 0.6) is 5.75 Å². The fourth-order valence-electron chi connectivity index (χ4n) is 3.62. The Kier molecular flexibility index (Phi) is 7.03. The Balaban J connectivity index is 1.76. The van der Waals surface area contributed by atoms with Gasteiger partial charge in [-0.2, -0.15) is 0 Å². The normalized spacial score (nSPS) is 16.1. The van der Waals surface area contributed by atoms with Crippen molar-refractivity contribution in [3.05, 3.63) is 34.2 Å². The van der Waals surface area contributed by atoms with Gasteiger partial charge in [0.15, 0.2) is 0 Å². The van der Waals surface area contributed by atoms with Crippen molar-refractivity contribution in [2.45, 2.75) is 77.7 Å². The molecule has 0 N–H and O–H groups in total. The van der Waals surface area contributed by atoms with Crippen LogP contribution in [-0.4, -0.2) is 41.0 Å². The first-order chi connectivity index (χ1) is 15.1. The number of carbonyl (C=O) groups excluding carboxylic acids is 1. The van der Waals surface area contributed by atoms with Crippen LogP contribution in [0, 0.1) is 0 Å². The number of carbonyl (C=O) groups is 1. The molecule has 1 aliphatic heterocycles. The Morgan fingerprint density at radius 2 is 1.70 bits per heavy atom. The second-order valence-corrected chi connectivity index (χ2v) is 11.2. The van der Waals surface area contributed by atoms with Gasteiger partial charge < -0.3 is 14.4 Å². The van der Waals surface area contributed by atoms with Gasteiger partial charge in [0.1, 0.15) is 11.4 Å². The molecule has 182 valence electrons. The number of halogens is 3. The number of likely N-dealkylation sites (tertiary alicyclic amines) is 1. The summed E-state index contributed by atoms with van der Waals surface area (Å²) in [7, 11) is 0. The van der Waals surface area contributed by atoms with Crippen LogP contribution in [0.3, 0.4) is 0 Å². The number of aromatic nitrogens is 1. The average Bonchev–Trinajstić information content (AvgIpc) is 3.15. The van der Waals surface area contributed by atoms with E-state index in [9.17, 15) is 18.0 Å². The maximum Gasteiger partial charge on any atom is 0.573 e. The largest absolute Gasteiger partial charge is 0.573 e. The molecule has 3 rings (SSSR count). The Morgan fingerprint density at radius 3 is 2.24 bits per heavy atom. The zero-order valence-corrected chi connectivity index (χ0v) is 20.7. The van der Waals surface area contributed by atoms with Crippen molar-refractivity contribution in [2.75, 3.05) is 13.1 Å². The summed E-state index contributed by atoms with van der Waals surface area (Å²) in [4.78, 5) is 18.7. The molecule has 0 atom stereocenters. The molecule has 1 aliphatic rings. The molecule has 0 aliphatic carbocycles. The Morgan fingerprint density at radius 1 is 1.06 bits per heavy atom. The third-order valence-electron chi connectivity index (χ3n) is 5.32. The van der Waals surface area contributed by atoms with Crippen LogP contribution >= 0.6 is 11.3 Å². The van der Waals surface area contributed by atoms with Gasteiger partial charge in [0, 0.05) is 30.0 Å². The molecule has 1 amide bonds. The summed E-state index contributed by atoms with van der Waals surface area (Å²) in [6, 6.07) is 4.68. The minimum atomic E-state index is -4.76. The highest BCUT2D eigenvalue weighted by molar-refractivity contribution is 7.10. The fraction of sp³-hybridized carbons (Fsp3) is 0.583. The van der Waals surface area contributed by atoms with E-state index in [0.717, 1.165) is 23.4 Å². The van der Waals surface area contributed by atoms with E-state index in [1.807, 2.05) is 53.0 Å². The average molecular weight is 485 g/mol. The molecule has 2 heterocycles. The predicted octanol–water partition coefficient (Wildman–Crippen LogP) is 7.12. The molecule has 0 saturated carbocycles. The van der Waals surface area contributed by atoms with E-state index < -0.39 is 12.0 Å². The molecule has 0 spiro atoms. The zero-order chi connectivity index (χ0) is 24.6. The van der Waals surface area contributed by atoms with Crippen LogP contribution in [0.15, 0.2) is 23.6 Å². The van der Waals surface area contributed by atoms with Crippen LogP contribution < -0.4 is 4.74 Å². The first-order valence-electron chi connectivity index (χ1n) is 11.0. The molecule has 1 fully saturated rings. The summed E-state index contributed by atoms with van der Waals surface area (Å²) >= 11 is 1.49. The number of ether oxygens (including phenoxy) is 2. The van der Waals surface area contributed by atoms with Crippen molar-refractivity contribution in [1.29, 1.82) is 0 Å². The van der Waals surface area contributed by atoms with E-state index in [4.69, 9.17) is 9.72 Å². The number of hydrogen-bond donors (Lipinski definition) is 0. The van der Waals surface area contributed by atoms with Crippen molar-refractivity contribution >= 4 is 17.4 Å². The van der Waals surface area contributed by atoms with Gasteiger partial charge >= 0.3 is 12.5 Å². The molecule has 0 radical (unpaired) electrons. The molecule has 0 bridgehead atoms. The molecule has 1 aromatic heterocycles. The molecule has 9 heteroatoms. The molecule has 1 aromatic carbocycles. The number of nitrogens with zero attached hydrogens (tertiary/aromatic N) is 2. The van der Waals surface area contributed by atoms with Crippen LogP contribution in [-0.2, 0) is 10.2 Å². The smallest absolute Gasteiger partial charge is 0.444 e. The first-order valence-corrected chi connectivity index (χ1v) is 11.8. The standard InChI is InChI=1S/C24H31F3N2O3S/c1-22(2,3)17-11-16(12-18(13-17)31-24(25,26)27)19-14-33-20(28-19)15-7-9-29(10-8-15)21(30)32-23(4,5)6/h11-15H,7-10H2,1-6H3. The first kappa shape index (κ1) is 25.3. The maximum absolute atomic E-state index is 12.9. The molecule has 2 aromatic rings. The second-order valence-electron chi connectivity index (χ2n) is 10.4. The van der Waals surface area contributed by atoms with Crippen LogP contribution in [0.25, 0.3) is 11.3 Å². The van der Waals surface area contributed by atoms with E-state index in [1.165, 1.54) is 23.5 Å². The van der Waals surface area contributed by atoms with E-state index in [2.05, 4.69) is 4.74 Å². The van der Waals surface area contributed by atoms with Crippen LogP contribution in [0.4, 0.5) is 18.0 Å². The van der Waals surface area contributed by atoms with Gasteiger partial charge in [-0.15, -0.1) is 24.5 Å². The van der Waals surface area contributed by atoms with Gasteiger partial charge in [-0.25, -0.2) is 9.78 Å². The lowest BCUT2D eigenvalue weighted by atomic mass is 9.85.